The van der Waals surface area contributed by atoms with E-state index in [4.69, 9.17) is 16.3 Å². The van der Waals surface area contributed by atoms with Gasteiger partial charge >= 0.3 is 0 Å². The van der Waals surface area contributed by atoms with Gasteiger partial charge in [0, 0.05) is 43.8 Å². The molecule has 1 aromatic carbocycles. The highest BCUT2D eigenvalue weighted by molar-refractivity contribution is 6.31. The summed E-state index contributed by atoms with van der Waals surface area (Å²) in [6.45, 7) is 3.15. The number of guanidine groups is 1. The zero-order valence-corrected chi connectivity index (χ0v) is 14.4. The molecule has 5 nitrogen and oxygen atoms in total. The number of aliphatic imine (C=N–C) groups is 1. The first-order valence-corrected chi connectivity index (χ1v) is 8.43. The predicted molar refractivity (Wildman–Crippen MR) is 94.1 cm³/mol. The number of hydrogen-bond donors (Lipinski definition) is 3. The molecule has 0 aromatic heterocycles. The molecule has 1 saturated heterocycles. The van der Waals surface area contributed by atoms with Gasteiger partial charge in [-0.25, -0.2) is 0 Å². The number of nitrogens with one attached hydrogen (secondary N) is 2. The van der Waals surface area contributed by atoms with Gasteiger partial charge < -0.3 is 20.5 Å². The summed E-state index contributed by atoms with van der Waals surface area (Å²) >= 11 is 6.16. The lowest BCUT2D eigenvalue weighted by Gasteiger charge is -2.27. The summed E-state index contributed by atoms with van der Waals surface area (Å²) in [4.78, 5) is 4.25. The van der Waals surface area contributed by atoms with Crippen LogP contribution in [0.15, 0.2) is 29.3 Å². The minimum atomic E-state index is 0.00904. The average Bonchev–Trinajstić information content (AvgIpc) is 3.01. The molecule has 1 unspecified atom stereocenters. The van der Waals surface area contributed by atoms with E-state index in [9.17, 15) is 5.11 Å². The molecule has 1 aliphatic heterocycles. The molecule has 0 spiro atoms. The average molecular weight is 340 g/mol. The SMILES string of the molecule is CN=C(NCCc1ccccc1Cl)NCC1(CCO)CCOC1. The second kappa shape index (κ2) is 9.11. The van der Waals surface area contributed by atoms with E-state index in [2.05, 4.69) is 15.6 Å². The van der Waals surface area contributed by atoms with Crippen molar-refractivity contribution in [1.29, 1.82) is 0 Å². The van der Waals surface area contributed by atoms with Gasteiger partial charge in [0.15, 0.2) is 5.96 Å². The Morgan fingerprint density at radius 3 is 2.87 bits per heavy atom. The highest BCUT2D eigenvalue weighted by Gasteiger charge is 2.34. The molecular formula is C17H26ClN3O2. The molecule has 23 heavy (non-hydrogen) atoms. The molecule has 0 bridgehead atoms. The van der Waals surface area contributed by atoms with E-state index in [1.807, 2.05) is 24.3 Å². The molecule has 128 valence electrons. The summed E-state index contributed by atoms with van der Waals surface area (Å²) in [7, 11) is 1.76. The van der Waals surface area contributed by atoms with Crippen LogP contribution in [-0.4, -0.2) is 51.0 Å². The van der Waals surface area contributed by atoms with Crippen LogP contribution in [0.3, 0.4) is 0 Å². The number of halogens is 1. The van der Waals surface area contributed by atoms with Gasteiger partial charge in [0.05, 0.1) is 6.61 Å². The molecule has 2 rings (SSSR count). The maximum Gasteiger partial charge on any atom is 0.191 e. The Morgan fingerprint density at radius 2 is 2.22 bits per heavy atom. The number of ether oxygens (including phenoxy) is 1. The van der Waals surface area contributed by atoms with Gasteiger partial charge in [0.2, 0.25) is 0 Å². The molecule has 0 aliphatic carbocycles. The fourth-order valence-electron chi connectivity index (χ4n) is 2.82. The highest BCUT2D eigenvalue weighted by atomic mass is 35.5. The van der Waals surface area contributed by atoms with Crippen LogP contribution in [0.25, 0.3) is 0 Å². The number of aliphatic hydroxyl groups excluding tert-OH is 1. The number of hydrogen-bond acceptors (Lipinski definition) is 3. The first-order valence-electron chi connectivity index (χ1n) is 8.06. The van der Waals surface area contributed by atoms with Crippen molar-refractivity contribution < 1.29 is 9.84 Å². The van der Waals surface area contributed by atoms with Crippen LogP contribution in [0.5, 0.6) is 0 Å². The maximum absolute atomic E-state index is 9.27. The monoisotopic (exact) mass is 339 g/mol. The standard InChI is InChI=1S/C17H26ClN3O2/c1-19-16(20-9-6-14-4-2-3-5-15(14)18)21-12-17(7-10-22)8-11-23-13-17/h2-5,22H,6-13H2,1H3,(H2,19,20,21). The van der Waals surface area contributed by atoms with Gasteiger partial charge in [-0.05, 0) is 30.9 Å². The number of nitrogens with zero attached hydrogens (tertiary/aromatic N) is 1. The third kappa shape index (κ3) is 5.37. The normalized spacial score (nSPS) is 21.4. The lowest BCUT2D eigenvalue weighted by atomic mass is 9.84. The molecule has 6 heteroatoms. The molecule has 0 saturated carbocycles. The van der Waals surface area contributed by atoms with Gasteiger partial charge in [0.1, 0.15) is 0 Å². The van der Waals surface area contributed by atoms with Crippen molar-refractivity contribution in [2.75, 3.05) is 40.0 Å². The van der Waals surface area contributed by atoms with Crippen molar-refractivity contribution >= 4 is 17.6 Å². The van der Waals surface area contributed by atoms with Crippen LogP contribution in [-0.2, 0) is 11.2 Å². The smallest absolute Gasteiger partial charge is 0.191 e. The summed E-state index contributed by atoms with van der Waals surface area (Å²) in [6, 6.07) is 7.87. The van der Waals surface area contributed by atoms with Crippen LogP contribution in [0.1, 0.15) is 18.4 Å². The molecular weight excluding hydrogens is 314 g/mol. The predicted octanol–water partition coefficient (Wildman–Crippen LogP) is 1.84. The Bertz CT molecular complexity index is 516. The molecule has 0 amide bonds. The Balaban J connectivity index is 1.78. The largest absolute Gasteiger partial charge is 0.396 e. The molecule has 1 atom stereocenters. The van der Waals surface area contributed by atoms with E-state index in [1.54, 1.807) is 7.05 Å². The van der Waals surface area contributed by atoms with Crippen LogP contribution in [0.2, 0.25) is 5.02 Å². The van der Waals surface area contributed by atoms with Crippen LogP contribution < -0.4 is 10.6 Å². The maximum atomic E-state index is 9.27. The topological polar surface area (TPSA) is 65.9 Å². The van der Waals surface area contributed by atoms with Gasteiger partial charge in [-0.3, -0.25) is 4.99 Å². The third-order valence-corrected chi connectivity index (χ3v) is 4.69. The Labute approximate surface area is 143 Å². The molecule has 1 aliphatic rings. The molecule has 1 aromatic rings. The molecule has 1 fully saturated rings. The minimum absolute atomic E-state index is 0.00904. The van der Waals surface area contributed by atoms with Crippen molar-refractivity contribution in [2.24, 2.45) is 10.4 Å². The van der Waals surface area contributed by atoms with Crippen molar-refractivity contribution in [1.82, 2.24) is 10.6 Å². The van der Waals surface area contributed by atoms with Crippen LogP contribution in [0.4, 0.5) is 0 Å². The second-order valence-electron chi connectivity index (χ2n) is 5.97. The lowest BCUT2D eigenvalue weighted by Crippen LogP contribution is -2.45. The summed E-state index contributed by atoms with van der Waals surface area (Å²) in [5, 5.41) is 16.7. The van der Waals surface area contributed by atoms with E-state index < -0.39 is 0 Å². The van der Waals surface area contributed by atoms with Crippen molar-refractivity contribution in [3.8, 4) is 0 Å². The van der Waals surface area contributed by atoms with Crippen molar-refractivity contribution in [3.63, 3.8) is 0 Å². The van der Waals surface area contributed by atoms with Gasteiger partial charge in [-0.2, -0.15) is 0 Å². The fourth-order valence-corrected chi connectivity index (χ4v) is 3.05. The van der Waals surface area contributed by atoms with E-state index in [-0.39, 0.29) is 12.0 Å². The molecule has 3 N–H and O–H groups in total. The van der Waals surface area contributed by atoms with Gasteiger partial charge in [0.25, 0.3) is 0 Å². The lowest BCUT2D eigenvalue weighted by molar-refractivity contribution is 0.127. The zero-order valence-electron chi connectivity index (χ0n) is 13.6. The quantitative estimate of drug-likeness (QED) is 0.524. The second-order valence-corrected chi connectivity index (χ2v) is 6.38. The van der Waals surface area contributed by atoms with Crippen LogP contribution >= 0.6 is 11.6 Å². The fraction of sp³-hybridized carbons (Fsp3) is 0.588. The van der Waals surface area contributed by atoms with E-state index in [0.29, 0.717) is 6.61 Å². The molecule has 1 heterocycles. The van der Waals surface area contributed by atoms with Gasteiger partial charge in [-0.1, -0.05) is 29.8 Å². The number of aliphatic hydroxyl groups is 1. The molecule has 0 radical (unpaired) electrons. The first kappa shape index (κ1) is 18.0. The van der Waals surface area contributed by atoms with E-state index in [0.717, 1.165) is 55.5 Å². The van der Waals surface area contributed by atoms with E-state index >= 15 is 0 Å². The highest BCUT2D eigenvalue weighted by Crippen LogP contribution is 2.31. The number of benzene rings is 1. The minimum Gasteiger partial charge on any atom is -0.396 e. The Morgan fingerprint density at radius 1 is 1.39 bits per heavy atom. The summed E-state index contributed by atoms with van der Waals surface area (Å²) in [5.41, 5.74) is 1.13. The van der Waals surface area contributed by atoms with Crippen molar-refractivity contribution in [3.05, 3.63) is 34.9 Å². The summed E-state index contributed by atoms with van der Waals surface area (Å²) in [5.74, 6) is 0.765. The zero-order chi connectivity index (χ0) is 16.5. The Kier molecular flexibility index (Phi) is 7.15. The summed E-state index contributed by atoms with van der Waals surface area (Å²) in [6.07, 6.45) is 2.55. The Hall–Kier alpha value is -1.30. The summed E-state index contributed by atoms with van der Waals surface area (Å²) < 4.78 is 5.51. The number of rotatable bonds is 7. The van der Waals surface area contributed by atoms with Crippen molar-refractivity contribution in [2.45, 2.75) is 19.3 Å². The third-order valence-electron chi connectivity index (χ3n) is 4.33. The first-order chi connectivity index (χ1) is 11.2. The van der Waals surface area contributed by atoms with E-state index in [1.165, 1.54) is 0 Å². The van der Waals surface area contributed by atoms with Gasteiger partial charge in [-0.15, -0.1) is 0 Å². The van der Waals surface area contributed by atoms with Crippen LogP contribution in [0, 0.1) is 5.41 Å².